The Morgan fingerprint density at radius 3 is 3.07 bits per heavy atom. The van der Waals surface area contributed by atoms with E-state index in [1.165, 1.54) is 25.7 Å². The molecule has 1 saturated carbocycles. The minimum absolute atomic E-state index is 0.587. The molecule has 0 aliphatic heterocycles. The van der Waals surface area contributed by atoms with Crippen molar-refractivity contribution >= 4 is 11.5 Å². The van der Waals surface area contributed by atoms with Crippen LogP contribution in [0.2, 0.25) is 0 Å². The molecule has 0 radical (unpaired) electrons. The van der Waals surface area contributed by atoms with Gasteiger partial charge in [0.05, 0.1) is 0 Å². The van der Waals surface area contributed by atoms with Crippen LogP contribution in [0.15, 0.2) is 18.3 Å². The first-order valence-electron chi connectivity index (χ1n) is 5.72. The van der Waals surface area contributed by atoms with E-state index in [2.05, 4.69) is 17.2 Å². The average Bonchev–Trinajstić information content (AvgIpc) is 2.17. The van der Waals surface area contributed by atoms with Gasteiger partial charge in [-0.1, -0.05) is 19.8 Å². The average molecular weight is 205 g/mol. The van der Waals surface area contributed by atoms with Gasteiger partial charge in [-0.3, -0.25) is 0 Å². The summed E-state index contributed by atoms with van der Waals surface area (Å²) in [7, 11) is 0. The molecule has 1 fully saturated rings. The van der Waals surface area contributed by atoms with Crippen LogP contribution in [0.1, 0.15) is 32.6 Å². The first kappa shape index (κ1) is 10.3. The molecule has 0 saturated heterocycles. The van der Waals surface area contributed by atoms with E-state index in [1.807, 2.05) is 12.1 Å². The molecule has 2 atom stereocenters. The van der Waals surface area contributed by atoms with Crippen LogP contribution in [0.4, 0.5) is 11.5 Å². The summed E-state index contributed by atoms with van der Waals surface area (Å²) < 4.78 is 0. The van der Waals surface area contributed by atoms with Gasteiger partial charge in [-0.25, -0.2) is 4.98 Å². The Morgan fingerprint density at radius 2 is 2.33 bits per heavy atom. The summed E-state index contributed by atoms with van der Waals surface area (Å²) in [5.41, 5.74) is 6.74. The molecule has 3 heteroatoms. The maximum Gasteiger partial charge on any atom is 0.125 e. The molecule has 2 rings (SSSR count). The zero-order chi connectivity index (χ0) is 10.7. The van der Waals surface area contributed by atoms with Gasteiger partial charge in [0.2, 0.25) is 0 Å². The maximum absolute atomic E-state index is 5.64. The van der Waals surface area contributed by atoms with Gasteiger partial charge in [0.15, 0.2) is 0 Å². The van der Waals surface area contributed by atoms with Gasteiger partial charge in [0.1, 0.15) is 5.82 Å². The van der Waals surface area contributed by atoms with Crippen molar-refractivity contribution < 1.29 is 0 Å². The van der Waals surface area contributed by atoms with Crippen molar-refractivity contribution in [3.8, 4) is 0 Å². The first-order chi connectivity index (χ1) is 7.24. The molecule has 1 heterocycles. The summed E-state index contributed by atoms with van der Waals surface area (Å²) in [6.07, 6.45) is 6.99. The lowest BCUT2D eigenvalue weighted by atomic mass is 9.87. The highest BCUT2D eigenvalue weighted by molar-refractivity contribution is 5.50. The van der Waals surface area contributed by atoms with E-state index in [9.17, 15) is 0 Å². The second kappa shape index (κ2) is 4.51. The smallest absolute Gasteiger partial charge is 0.125 e. The van der Waals surface area contributed by atoms with Crippen molar-refractivity contribution in [1.82, 2.24) is 4.98 Å². The lowest BCUT2D eigenvalue weighted by molar-refractivity contribution is 0.358. The predicted octanol–water partition coefficient (Wildman–Crippen LogP) is 2.65. The van der Waals surface area contributed by atoms with Crippen LogP contribution >= 0.6 is 0 Å². The Hall–Kier alpha value is -1.25. The molecule has 82 valence electrons. The number of nitrogen functional groups attached to an aromatic ring is 1. The number of nitrogens with two attached hydrogens (primary N) is 1. The highest BCUT2D eigenvalue weighted by atomic mass is 14.9. The highest BCUT2D eigenvalue weighted by Crippen LogP contribution is 2.26. The van der Waals surface area contributed by atoms with Crippen molar-refractivity contribution in [1.29, 1.82) is 0 Å². The fraction of sp³-hybridized carbons (Fsp3) is 0.583. The third kappa shape index (κ3) is 2.85. The zero-order valence-electron chi connectivity index (χ0n) is 9.24. The SMILES string of the molecule is CC1CCCC(Nc2ccnc(N)c2)C1. The number of pyridine rings is 1. The molecule has 1 aromatic rings. The maximum atomic E-state index is 5.64. The Balaban J connectivity index is 1.96. The molecule has 0 amide bonds. The van der Waals surface area contributed by atoms with Gasteiger partial charge < -0.3 is 11.1 Å². The Labute approximate surface area is 91.1 Å². The number of hydrogen-bond donors (Lipinski definition) is 2. The number of aromatic nitrogens is 1. The van der Waals surface area contributed by atoms with E-state index in [0.717, 1.165) is 11.6 Å². The van der Waals surface area contributed by atoms with Crippen molar-refractivity contribution in [3.05, 3.63) is 18.3 Å². The third-order valence-corrected chi connectivity index (χ3v) is 3.09. The minimum Gasteiger partial charge on any atom is -0.384 e. The van der Waals surface area contributed by atoms with E-state index in [0.29, 0.717) is 11.9 Å². The quantitative estimate of drug-likeness (QED) is 0.780. The lowest BCUT2D eigenvalue weighted by Gasteiger charge is -2.28. The number of nitrogens with one attached hydrogen (secondary N) is 1. The second-order valence-corrected chi connectivity index (χ2v) is 4.58. The topological polar surface area (TPSA) is 50.9 Å². The van der Waals surface area contributed by atoms with Crippen LogP contribution in [-0.2, 0) is 0 Å². The molecule has 0 aromatic carbocycles. The largest absolute Gasteiger partial charge is 0.384 e. The van der Waals surface area contributed by atoms with Crippen molar-refractivity contribution in [2.45, 2.75) is 38.6 Å². The molecule has 3 nitrogen and oxygen atoms in total. The van der Waals surface area contributed by atoms with Crippen LogP contribution < -0.4 is 11.1 Å². The predicted molar refractivity (Wildman–Crippen MR) is 63.7 cm³/mol. The van der Waals surface area contributed by atoms with Crippen LogP contribution in [0.3, 0.4) is 0 Å². The van der Waals surface area contributed by atoms with Gasteiger partial charge in [-0.15, -0.1) is 0 Å². The second-order valence-electron chi connectivity index (χ2n) is 4.58. The van der Waals surface area contributed by atoms with E-state index >= 15 is 0 Å². The molecule has 3 N–H and O–H groups in total. The summed E-state index contributed by atoms with van der Waals surface area (Å²) in [5, 5.41) is 3.53. The number of rotatable bonds is 2. The van der Waals surface area contributed by atoms with Crippen molar-refractivity contribution in [3.63, 3.8) is 0 Å². The van der Waals surface area contributed by atoms with Crippen molar-refractivity contribution in [2.24, 2.45) is 5.92 Å². The molecule has 1 aliphatic carbocycles. The third-order valence-electron chi connectivity index (χ3n) is 3.09. The van der Waals surface area contributed by atoms with Gasteiger partial charge in [0, 0.05) is 24.0 Å². The van der Waals surface area contributed by atoms with E-state index in [-0.39, 0.29) is 0 Å². The van der Waals surface area contributed by atoms with E-state index < -0.39 is 0 Å². The summed E-state index contributed by atoms with van der Waals surface area (Å²) in [5.74, 6) is 1.43. The molecule has 0 bridgehead atoms. The summed E-state index contributed by atoms with van der Waals surface area (Å²) in [6.45, 7) is 2.33. The molecule has 1 aromatic heterocycles. The van der Waals surface area contributed by atoms with Crippen LogP contribution in [0, 0.1) is 5.92 Å². The molecule has 1 aliphatic rings. The zero-order valence-corrected chi connectivity index (χ0v) is 9.24. The summed E-state index contributed by atoms with van der Waals surface area (Å²) in [6, 6.07) is 4.49. The van der Waals surface area contributed by atoms with Gasteiger partial charge in [-0.05, 0) is 24.8 Å². The normalized spacial score (nSPS) is 26.2. The van der Waals surface area contributed by atoms with Crippen LogP contribution in [0.25, 0.3) is 0 Å². The molecule has 0 spiro atoms. The fourth-order valence-electron chi connectivity index (χ4n) is 2.34. The molecule has 2 unspecified atom stereocenters. The van der Waals surface area contributed by atoms with Crippen LogP contribution in [-0.4, -0.2) is 11.0 Å². The van der Waals surface area contributed by atoms with Crippen LogP contribution in [0.5, 0.6) is 0 Å². The lowest BCUT2D eigenvalue weighted by Crippen LogP contribution is -2.26. The Morgan fingerprint density at radius 1 is 1.47 bits per heavy atom. The monoisotopic (exact) mass is 205 g/mol. The van der Waals surface area contributed by atoms with E-state index in [4.69, 9.17) is 5.73 Å². The number of hydrogen-bond acceptors (Lipinski definition) is 3. The molecular formula is C12H19N3. The Bertz CT molecular complexity index is 324. The molecule has 15 heavy (non-hydrogen) atoms. The number of nitrogens with zero attached hydrogens (tertiary/aromatic N) is 1. The molecular weight excluding hydrogens is 186 g/mol. The van der Waals surface area contributed by atoms with Crippen molar-refractivity contribution in [2.75, 3.05) is 11.1 Å². The summed E-state index contributed by atoms with van der Waals surface area (Å²) >= 11 is 0. The minimum atomic E-state index is 0.587. The number of anilines is 2. The summed E-state index contributed by atoms with van der Waals surface area (Å²) in [4.78, 5) is 3.99. The first-order valence-corrected chi connectivity index (χ1v) is 5.72. The van der Waals surface area contributed by atoms with Gasteiger partial charge >= 0.3 is 0 Å². The fourth-order valence-corrected chi connectivity index (χ4v) is 2.34. The highest BCUT2D eigenvalue weighted by Gasteiger charge is 2.18. The standard InChI is InChI=1S/C12H19N3/c1-9-3-2-4-10(7-9)15-11-5-6-14-12(13)8-11/h5-6,8-10H,2-4,7H2,1H3,(H3,13,14,15). The van der Waals surface area contributed by atoms with E-state index in [1.54, 1.807) is 6.20 Å². The van der Waals surface area contributed by atoms with Gasteiger partial charge in [-0.2, -0.15) is 0 Å². The Kier molecular flexibility index (Phi) is 3.09. The van der Waals surface area contributed by atoms with Gasteiger partial charge in [0.25, 0.3) is 0 Å².